The van der Waals surface area contributed by atoms with E-state index in [2.05, 4.69) is 17.6 Å². The topological polar surface area (TPSA) is 116 Å². The van der Waals surface area contributed by atoms with Gasteiger partial charge in [-0.15, -0.1) is 0 Å². The van der Waals surface area contributed by atoms with Gasteiger partial charge < -0.3 is 20.3 Å². The molecular weight excluding hydrogens is 418 g/mol. The van der Waals surface area contributed by atoms with E-state index < -0.39 is 12.0 Å². The number of piperidine rings is 1. The summed E-state index contributed by atoms with van der Waals surface area (Å²) in [4.78, 5) is 28.6. The molecule has 1 amide bonds. The van der Waals surface area contributed by atoms with E-state index in [0.717, 1.165) is 68.1 Å². The molecule has 1 unspecified atom stereocenters. The molecule has 0 aliphatic carbocycles. The molecule has 3 heterocycles. The van der Waals surface area contributed by atoms with E-state index in [9.17, 15) is 14.7 Å². The molecule has 178 valence electrons. The zero-order chi connectivity index (χ0) is 23.5. The highest BCUT2D eigenvalue weighted by Crippen LogP contribution is 2.27. The second-order valence-electron chi connectivity index (χ2n) is 9.31. The van der Waals surface area contributed by atoms with E-state index in [1.54, 1.807) is 0 Å². The molecule has 2 saturated heterocycles. The molecule has 2 aliphatic heterocycles. The van der Waals surface area contributed by atoms with Crippen LogP contribution in [0.2, 0.25) is 0 Å². The number of amides is 1. The third kappa shape index (κ3) is 4.90. The maximum atomic E-state index is 13.1. The number of carboxylic acid groups (broad SMARTS) is 1. The van der Waals surface area contributed by atoms with E-state index in [-0.39, 0.29) is 24.3 Å². The summed E-state index contributed by atoms with van der Waals surface area (Å²) in [6.45, 7) is 4.59. The number of fused-ring (bicyclic) bond motifs is 1. The molecule has 4 rings (SSSR count). The van der Waals surface area contributed by atoms with Gasteiger partial charge in [-0.05, 0) is 69.5 Å². The number of aryl methyl sites for hydroxylation is 2. The normalized spacial score (nSPS) is 21.5. The first-order valence-electron chi connectivity index (χ1n) is 12.1. The summed E-state index contributed by atoms with van der Waals surface area (Å²) in [6, 6.07) is 7.75. The lowest BCUT2D eigenvalue weighted by Crippen LogP contribution is -2.50. The van der Waals surface area contributed by atoms with Crippen LogP contribution in [0.5, 0.6) is 0 Å². The van der Waals surface area contributed by atoms with Crippen LogP contribution in [0.4, 0.5) is 0 Å². The molecule has 0 saturated carbocycles. The van der Waals surface area contributed by atoms with E-state index in [4.69, 9.17) is 11.1 Å². The van der Waals surface area contributed by atoms with Gasteiger partial charge in [0.2, 0.25) is 5.91 Å². The zero-order valence-electron chi connectivity index (χ0n) is 19.4. The molecule has 1 aromatic heterocycles. The van der Waals surface area contributed by atoms with Gasteiger partial charge in [0.1, 0.15) is 11.9 Å². The Morgan fingerprint density at radius 2 is 1.97 bits per heavy atom. The van der Waals surface area contributed by atoms with Crippen molar-refractivity contribution in [2.45, 2.75) is 70.5 Å². The Morgan fingerprint density at radius 3 is 2.70 bits per heavy atom. The third-order valence-corrected chi connectivity index (χ3v) is 7.29. The van der Waals surface area contributed by atoms with Crippen LogP contribution in [0.15, 0.2) is 24.3 Å². The maximum absolute atomic E-state index is 13.1. The number of carboxylic acids is 1. The number of hydrogen-bond donors (Lipinski definition) is 3. The maximum Gasteiger partial charge on any atom is 0.320 e. The highest BCUT2D eigenvalue weighted by Gasteiger charge is 2.34. The molecule has 4 N–H and O–H groups in total. The standard InChI is InChI=1S/C25H35N5O3/c1-2-29-20(14-17-8-9-18(24(26)27)15-22(17)29)11-10-19-6-5-13-30(19)23(31)16-28-12-4-3-7-21(28)25(32)33/h8-9,14-15,19,21H,2-7,10-13,16H2,1H3,(H3,26,27)(H,32,33)/t19-,21?/m0/s1. The number of carbonyl (C=O) groups excluding carboxylic acids is 1. The third-order valence-electron chi connectivity index (χ3n) is 7.29. The number of aromatic nitrogens is 1. The minimum atomic E-state index is -0.819. The lowest BCUT2D eigenvalue weighted by atomic mass is 10.0. The highest BCUT2D eigenvalue weighted by atomic mass is 16.4. The van der Waals surface area contributed by atoms with Crippen LogP contribution in [0.25, 0.3) is 10.9 Å². The second-order valence-corrected chi connectivity index (χ2v) is 9.31. The van der Waals surface area contributed by atoms with Crippen molar-refractivity contribution in [2.75, 3.05) is 19.6 Å². The SMILES string of the molecule is CCn1c(CC[C@@H]2CCCN2C(=O)CN2CCCCC2C(=O)O)cc2ccc(C(=N)N)cc21. The molecule has 0 spiro atoms. The zero-order valence-corrected chi connectivity index (χ0v) is 19.4. The fourth-order valence-corrected chi connectivity index (χ4v) is 5.56. The Morgan fingerprint density at radius 1 is 1.15 bits per heavy atom. The summed E-state index contributed by atoms with van der Waals surface area (Å²) in [5.74, 6) is -0.685. The molecule has 8 nitrogen and oxygen atoms in total. The average molecular weight is 454 g/mol. The predicted molar refractivity (Wildman–Crippen MR) is 129 cm³/mol. The van der Waals surface area contributed by atoms with Gasteiger partial charge in [-0.25, -0.2) is 0 Å². The minimum Gasteiger partial charge on any atom is -0.480 e. The van der Waals surface area contributed by atoms with Crippen LogP contribution in [-0.4, -0.2) is 68.9 Å². The van der Waals surface area contributed by atoms with Gasteiger partial charge in [0.05, 0.1) is 6.54 Å². The smallest absolute Gasteiger partial charge is 0.320 e. The van der Waals surface area contributed by atoms with Gasteiger partial charge in [-0.3, -0.25) is 19.9 Å². The van der Waals surface area contributed by atoms with E-state index in [0.29, 0.717) is 13.0 Å². The molecule has 0 bridgehead atoms. The Kier molecular flexibility index (Phi) is 7.02. The molecule has 2 fully saturated rings. The Hall–Kier alpha value is -2.87. The van der Waals surface area contributed by atoms with E-state index >= 15 is 0 Å². The van der Waals surface area contributed by atoms with Crippen LogP contribution < -0.4 is 5.73 Å². The van der Waals surface area contributed by atoms with Crippen LogP contribution in [-0.2, 0) is 22.6 Å². The number of nitrogens with two attached hydrogens (primary N) is 1. The number of nitrogen functional groups attached to an aromatic ring is 1. The second kappa shape index (κ2) is 9.95. The number of rotatable bonds is 8. The first kappa shape index (κ1) is 23.3. The Labute approximate surface area is 194 Å². The first-order chi connectivity index (χ1) is 15.9. The first-order valence-corrected chi connectivity index (χ1v) is 12.1. The number of benzene rings is 1. The van der Waals surface area contributed by atoms with Crippen molar-refractivity contribution in [2.24, 2.45) is 5.73 Å². The molecule has 2 atom stereocenters. The fourth-order valence-electron chi connectivity index (χ4n) is 5.56. The van der Waals surface area contributed by atoms with Gasteiger partial charge in [-0.1, -0.05) is 18.6 Å². The molecule has 8 heteroatoms. The summed E-state index contributed by atoms with van der Waals surface area (Å²) in [6.07, 6.45) is 6.24. The monoisotopic (exact) mass is 453 g/mol. The van der Waals surface area contributed by atoms with Crippen molar-refractivity contribution >= 4 is 28.6 Å². The molecule has 0 radical (unpaired) electrons. The summed E-state index contributed by atoms with van der Waals surface area (Å²) >= 11 is 0. The van der Waals surface area contributed by atoms with Crippen LogP contribution in [0.3, 0.4) is 0 Å². The Bertz CT molecular complexity index is 1050. The summed E-state index contributed by atoms with van der Waals surface area (Å²) in [7, 11) is 0. The van der Waals surface area contributed by atoms with Crippen molar-refractivity contribution in [1.29, 1.82) is 5.41 Å². The van der Waals surface area contributed by atoms with Gasteiger partial charge in [-0.2, -0.15) is 0 Å². The average Bonchev–Trinajstić information content (AvgIpc) is 3.41. The lowest BCUT2D eigenvalue weighted by molar-refractivity contribution is -0.146. The van der Waals surface area contributed by atoms with Gasteiger partial charge in [0, 0.05) is 35.9 Å². The number of nitrogens with zero attached hydrogens (tertiary/aromatic N) is 3. The minimum absolute atomic E-state index is 0.0628. The molecular formula is C25H35N5O3. The largest absolute Gasteiger partial charge is 0.480 e. The van der Waals surface area contributed by atoms with Crippen LogP contribution >= 0.6 is 0 Å². The number of amidine groups is 1. The predicted octanol–water partition coefficient (Wildman–Crippen LogP) is 2.81. The molecule has 33 heavy (non-hydrogen) atoms. The van der Waals surface area contributed by atoms with E-state index in [1.807, 2.05) is 28.0 Å². The number of likely N-dealkylation sites (tertiary alicyclic amines) is 2. The summed E-state index contributed by atoms with van der Waals surface area (Å²) < 4.78 is 2.27. The summed E-state index contributed by atoms with van der Waals surface area (Å²) in [5.41, 5.74) is 8.73. The van der Waals surface area contributed by atoms with Crippen molar-refractivity contribution in [3.8, 4) is 0 Å². The quantitative estimate of drug-likeness (QED) is 0.420. The molecule has 2 aliphatic rings. The van der Waals surface area contributed by atoms with Gasteiger partial charge in [0.15, 0.2) is 0 Å². The van der Waals surface area contributed by atoms with Gasteiger partial charge in [0.25, 0.3) is 0 Å². The Balaban J connectivity index is 1.43. The van der Waals surface area contributed by atoms with Crippen molar-refractivity contribution in [3.63, 3.8) is 0 Å². The summed E-state index contributed by atoms with van der Waals surface area (Å²) in [5, 5.41) is 18.4. The molecule has 2 aromatic rings. The van der Waals surface area contributed by atoms with Crippen LogP contribution in [0, 0.1) is 5.41 Å². The highest BCUT2D eigenvalue weighted by molar-refractivity contribution is 5.98. The van der Waals surface area contributed by atoms with Crippen LogP contribution in [0.1, 0.15) is 56.7 Å². The van der Waals surface area contributed by atoms with Crippen molar-refractivity contribution < 1.29 is 14.7 Å². The number of nitrogens with one attached hydrogen (secondary N) is 1. The van der Waals surface area contributed by atoms with Crippen molar-refractivity contribution in [3.05, 3.63) is 35.5 Å². The number of aliphatic carboxylic acids is 1. The molecule has 1 aromatic carbocycles. The van der Waals surface area contributed by atoms with E-state index in [1.165, 1.54) is 5.69 Å². The van der Waals surface area contributed by atoms with Gasteiger partial charge >= 0.3 is 5.97 Å². The van der Waals surface area contributed by atoms with Crippen molar-refractivity contribution in [1.82, 2.24) is 14.4 Å². The number of hydrogen-bond acceptors (Lipinski definition) is 4. The lowest BCUT2D eigenvalue weighted by Gasteiger charge is -2.34. The fraction of sp³-hybridized carbons (Fsp3) is 0.560. The number of carbonyl (C=O) groups is 2.